The number of aromatic nitrogens is 1. The minimum absolute atomic E-state index is 0.662. The van der Waals surface area contributed by atoms with E-state index in [1.807, 2.05) is 6.20 Å². The fourth-order valence-corrected chi connectivity index (χ4v) is 2.98. The van der Waals surface area contributed by atoms with Gasteiger partial charge in [-0.25, -0.2) is 0 Å². The largest absolute Gasteiger partial charge is 0.260 e. The molecule has 1 aromatic carbocycles. The Morgan fingerprint density at radius 2 is 1.61 bits per heavy atom. The number of nitrogens with zero attached hydrogens (tertiary/aromatic N) is 1. The van der Waals surface area contributed by atoms with Crippen molar-refractivity contribution in [3.8, 4) is 11.1 Å². The van der Waals surface area contributed by atoms with E-state index in [-0.39, 0.29) is 0 Å². The summed E-state index contributed by atoms with van der Waals surface area (Å²) in [6.45, 7) is 0. The molecule has 2 aromatic rings. The van der Waals surface area contributed by atoms with Crippen LogP contribution in [0.2, 0.25) is 0 Å². The van der Waals surface area contributed by atoms with Crippen molar-refractivity contribution in [1.82, 2.24) is 4.98 Å². The van der Waals surface area contributed by atoms with Crippen molar-refractivity contribution in [3.63, 3.8) is 0 Å². The normalized spacial score (nSPS) is 16.7. The summed E-state index contributed by atoms with van der Waals surface area (Å²) in [4.78, 5) is 4.68. The summed E-state index contributed by atoms with van der Waals surface area (Å²) < 4.78 is 0. The Balaban J connectivity index is 1.99. The molecule has 0 radical (unpaired) electrons. The van der Waals surface area contributed by atoms with E-state index >= 15 is 0 Å². The molecule has 92 valence electrons. The van der Waals surface area contributed by atoms with Crippen molar-refractivity contribution in [2.75, 3.05) is 0 Å². The summed E-state index contributed by atoms with van der Waals surface area (Å²) in [6.07, 6.45) is 8.65. The summed E-state index contributed by atoms with van der Waals surface area (Å²) in [5, 5.41) is 0. The zero-order valence-corrected chi connectivity index (χ0v) is 10.7. The number of rotatable bonds is 2. The van der Waals surface area contributed by atoms with Gasteiger partial charge in [0, 0.05) is 17.7 Å². The molecule has 18 heavy (non-hydrogen) atoms. The topological polar surface area (TPSA) is 12.9 Å². The summed E-state index contributed by atoms with van der Waals surface area (Å²) in [5.41, 5.74) is 3.93. The SMILES string of the molecule is c1ccc(-c2cccnc2C2CCCCC2)cc1. The molecule has 0 amide bonds. The maximum atomic E-state index is 4.68. The van der Waals surface area contributed by atoms with Gasteiger partial charge in [0.1, 0.15) is 0 Å². The molecular weight excluding hydrogens is 218 g/mol. The third-order valence-corrected chi connectivity index (χ3v) is 3.92. The van der Waals surface area contributed by atoms with Gasteiger partial charge in [-0.2, -0.15) is 0 Å². The Bertz CT molecular complexity index is 498. The average molecular weight is 237 g/mol. The van der Waals surface area contributed by atoms with Crippen LogP contribution in [0.25, 0.3) is 11.1 Å². The fraction of sp³-hybridized carbons (Fsp3) is 0.353. The fourth-order valence-electron chi connectivity index (χ4n) is 2.98. The highest BCUT2D eigenvalue weighted by atomic mass is 14.7. The number of pyridine rings is 1. The van der Waals surface area contributed by atoms with Crippen LogP contribution < -0.4 is 0 Å². The maximum Gasteiger partial charge on any atom is 0.0512 e. The molecule has 1 nitrogen and oxygen atoms in total. The highest BCUT2D eigenvalue weighted by Crippen LogP contribution is 2.36. The van der Waals surface area contributed by atoms with E-state index < -0.39 is 0 Å². The molecule has 0 bridgehead atoms. The molecular formula is C17H19N. The van der Waals surface area contributed by atoms with Crippen molar-refractivity contribution in [2.24, 2.45) is 0 Å². The third-order valence-electron chi connectivity index (χ3n) is 3.92. The first-order valence-electron chi connectivity index (χ1n) is 6.95. The first-order chi connectivity index (χ1) is 8.95. The van der Waals surface area contributed by atoms with Gasteiger partial charge in [0.15, 0.2) is 0 Å². The van der Waals surface area contributed by atoms with Gasteiger partial charge in [-0.3, -0.25) is 4.98 Å². The first kappa shape index (κ1) is 11.5. The molecule has 0 spiro atoms. The van der Waals surface area contributed by atoms with Crippen LogP contribution in [0.3, 0.4) is 0 Å². The van der Waals surface area contributed by atoms with Crippen molar-refractivity contribution in [2.45, 2.75) is 38.0 Å². The average Bonchev–Trinajstić information content (AvgIpc) is 2.49. The molecule has 1 heterocycles. The quantitative estimate of drug-likeness (QED) is 0.731. The summed E-state index contributed by atoms with van der Waals surface area (Å²) in [6, 6.07) is 14.9. The van der Waals surface area contributed by atoms with Crippen LogP contribution in [0.1, 0.15) is 43.7 Å². The van der Waals surface area contributed by atoms with Crippen molar-refractivity contribution in [1.29, 1.82) is 0 Å². The van der Waals surface area contributed by atoms with Crippen LogP contribution in [0, 0.1) is 0 Å². The standard InChI is InChI=1S/C17H19N/c1-3-8-14(9-4-1)16-12-7-13-18-17(16)15-10-5-2-6-11-15/h1,3-4,7-9,12-13,15H,2,5-6,10-11H2. The molecule has 0 N–H and O–H groups in total. The Labute approximate surface area is 109 Å². The van der Waals surface area contributed by atoms with E-state index in [1.165, 1.54) is 48.9 Å². The van der Waals surface area contributed by atoms with Crippen LogP contribution in [0.15, 0.2) is 48.7 Å². The number of hydrogen-bond donors (Lipinski definition) is 0. The maximum absolute atomic E-state index is 4.68. The smallest absolute Gasteiger partial charge is 0.0512 e. The monoisotopic (exact) mass is 237 g/mol. The lowest BCUT2D eigenvalue weighted by Gasteiger charge is -2.23. The van der Waals surface area contributed by atoms with E-state index in [0.29, 0.717) is 5.92 Å². The molecule has 0 saturated heterocycles. The van der Waals surface area contributed by atoms with Crippen LogP contribution >= 0.6 is 0 Å². The predicted molar refractivity (Wildman–Crippen MR) is 75.5 cm³/mol. The van der Waals surface area contributed by atoms with Gasteiger partial charge < -0.3 is 0 Å². The van der Waals surface area contributed by atoms with E-state index in [9.17, 15) is 0 Å². The van der Waals surface area contributed by atoms with Crippen LogP contribution in [-0.4, -0.2) is 4.98 Å². The zero-order chi connectivity index (χ0) is 12.2. The zero-order valence-electron chi connectivity index (χ0n) is 10.7. The molecule has 0 aliphatic heterocycles. The molecule has 1 heteroatoms. The Kier molecular flexibility index (Phi) is 3.40. The van der Waals surface area contributed by atoms with Gasteiger partial charge >= 0.3 is 0 Å². The van der Waals surface area contributed by atoms with Gasteiger partial charge in [0.2, 0.25) is 0 Å². The minimum atomic E-state index is 0.662. The van der Waals surface area contributed by atoms with Crippen LogP contribution in [0.4, 0.5) is 0 Å². The minimum Gasteiger partial charge on any atom is -0.260 e. The van der Waals surface area contributed by atoms with Crippen LogP contribution in [-0.2, 0) is 0 Å². The number of hydrogen-bond acceptors (Lipinski definition) is 1. The summed E-state index contributed by atoms with van der Waals surface area (Å²) in [5.74, 6) is 0.662. The van der Waals surface area contributed by atoms with Crippen LogP contribution in [0.5, 0.6) is 0 Å². The second-order valence-electron chi connectivity index (χ2n) is 5.14. The third kappa shape index (κ3) is 2.31. The lowest BCUT2D eigenvalue weighted by molar-refractivity contribution is 0.437. The van der Waals surface area contributed by atoms with Gasteiger partial charge in [-0.1, -0.05) is 55.7 Å². The second kappa shape index (κ2) is 5.34. The molecule has 3 rings (SSSR count). The van der Waals surface area contributed by atoms with Crippen molar-refractivity contribution in [3.05, 3.63) is 54.4 Å². The predicted octanol–water partition coefficient (Wildman–Crippen LogP) is 4.80. The Hall–Kier alpha value is -1.63. The second-order valence-corrected chi connectivity index (χ2v) is 5.14. The highest BCUT2D eigenvalue weighted by Gasteiger charge is 2.19. The molecule has 0 unspecified atom stereocenters. The molecule has 1 fully saturated rings. The lowest BCUT2D eigenvalue weighted by Crippen LogP contribution is -2.07. The summed E-state index contributed by atoms with van der Waals surface area (Å²) >= 11 is 0. The highest BCUT2D eigenvalue weighted by molar-refractivity contribution is 5.66. The van der Waals surface area contributed by atoms with Crippen molar-refractivity contribution >= 4 is 0 Å². The van der Waals surface area contributed by atoms with E-state index in [4.69, 9.17) is 0 Å². The van der Waals surface area contributed by atoms with Gasteiger partial charge in [0.25, 0.3) is 0 Å². The summed E-state index contributed by atoms with van der Waals surface area (Å²) in [7, 11) is 0. The first-order valence-corrected chi connectivity index (χ1v) is 6.95. The molecule has 1 aliphatic rings. The van der Waals surface area contributed by atoms with Gasteiger partial charge in [-0.05, 0) is 24.5 Å². The molecule has 1 saturated carbocycles. The Morgan fingerprint density at radius 1 is 0.833 bits per heavy atom. The van der Waals surface area contributed by atoms with E-state index in [0.717, 1.165) is 0 Å². The number of benzene rings is 1. The van der Waals surface area contributed by atoms with E-state index in [2.05, 4.69) is 47.4 Å². The van der Waals surface area contributed by atoms with Gasteiger partial charge in [-0.15, -0.1) is 0 Å². The molecule has 0 atom stereocenters. The lowest BCUT2D eigenvalue weighted by atomic mass is 9.84. The molecule has 1 aromatic heterocycles. The molecule has 1 aliphatic carbocycles. The Morgan fingerprint density at radius 3 is 2.39 bits per heavy atom. The van der Waals surface area contributed by atoms with Gasteiger partial charge in [0.05, 0.1) is 5.69 Å². The van der Waals surface area contributed by atoms with Crippen molar-refractivity contribution < 1.29 is 0 Å². The van der Waals surface area contributed by atoms with E-state index in [1.54, 1.807) is 0 Å².